The van der Waals surface area contributed by atoms with Gasteiger partial charge in [0.2, 0.25) is 0 Å². The summed E-state index contributed by atoms with van der Waals surface area (Å²) in [7, 11) is -1.11. The molecule has 0 radical (unpaired) electrons. The van der Waals surface area contributed by atoms with Crippen LogP contribution < -0.4 is 4.72 Å². The minimum Gasteiger partial charge on any atom is -0.412 e. The van der Waals surface area contributed by atoms with E-state index in [0.29, 0.717) is 0 Å². The fourth-order valence-electron chi connectivity index (χ4n) is 2.34. The molecular formula is C13H29NO3S. The van der Waals surface area contributed by atoms with Crippen molar-refractivity contribution in [3.8, 4) is 0 Å². The van der Waals surface area contributed by atoms with Gasteiger partial charge < -0.3 is 10.6 Å². The summed E-state index contributed by atoms with van der Waals surface area (Å²) in [5, 5.41) is 10.7. The second-order valence-electron chi connectivity index (χ2n) is 6.44. The lowest BCUT2D eigenvalue weighted by Gasteiger charge is -2.43. The Morgan fingerprint density at radius 1 is 1.33 bits per heavy atom. The van der Waals surface area contributed by atoms with E-state index >= 15 is 0 Å². The quantitative estimate of drug-likeness (QED) is 0.821. The van der Waals surface area contributed by atoms with E-state index in [4.69, 9.17) is 0 Å². The highest BCUT2D eigenvalue weighted by Gasteiger charge is 2.42. The molecule has 110 valence electrons. The third-order valence-electron chi connectivity index (χ3n) is 3.73. The van der Waals surface area contributed by atoms with Gasteiger partial charge in [-0.1, -0.05) is 26.7 Å². The number of rotatable bonds is 3. The van der Waals surface area contributed by atoms with Crippen molar-refractivity contribution in [1.82, 2.24) is 4.72 Å². The summed E-state index contributed by atoms with van der Waals surface area (Å²) in [6, 6.07) is -0.0451. The van der Waals surface area contributed by atoms with Crippen molar-refractivity contribution in [2.24, 2.45) is 5.92 Å². The minimum absolute atomic E-state index is 0. The lowest BCUT2D eigenvalue weighted by Crippen LogP contribution is -2.57. The molecule has 0 aromatic carbocycles. The van der Waals surface area contributed by atoms with Gasteiger partial charge in [0.05, 0.1) is 21.3 Å². The SMILES string of the molecule is CC(C)[C@]1(O)CCCC[C@@H]1N[S@](=O)C(C)(C)C.O. The minimum atomic E-state index is -1.11. The highest BCUT2D eigenvalue weighted by molar-refractivity contribution is 7.84. The summed E-state index contributed by atoms with van der Waals surface area (Å²) in [4.78, 5) is 0. The molecule has 0 aliphatic heterocycles. The molecule has 0 heterocycles. The van der Waals surface area contributed by atoms with Crippen molar-refractivity contribution >= 4 is 11.0 Å². The third-order valence-corrected chi connectivity index (χ3v) is 5.34. The molecule has 0 bridgehead atoms. The van der Waals surface area contributed by atoms with Gasteiger partial charge in [0.15, 0.2) is 0 Å². The molecule has 0 spiro atoms. The summed E-state index contributed by atoms with van der Waals surface area (Å²) in [6.45, 7) is 9.94. The Balaban J connectivity index is 0.00000289. The first kappa shape index (κ1) is 18.0. The average molecular weight is 279 g/mol. The first-order valence-corrected chi connectivity index (χ1v) is 7.73. The Bertz CT molecular complexity index is 288. The summed E-state index contributed by atoms with van der Waals surface area (Å²) in [5.74, 6) is 0.192. The maximum atomic E-state index is 12.1. The fraction of sp³-hybridized carbons (Fsp3) is 1.00. The van der Waals surface area contributed by atoms with Gasteiger partial charge in [-0.2, -0.15) is 0 Å². The molecule has 0 unspecified atom stereocenters. The fourth-order valence-corrected chi connectivity index (χ4v) is 3.27. The molecule has 4 N–H and O–H groups in total. The van der Waals surface area contributed by atoms with Crippen molar-refractivity contribution in [1.29, 1.82) is 0 Å². The number of hydrogen-bond acceptors (Lipinski definition) is 2. The van der Waals surface area contributed by atoms with Crippen LogP contribution in [0.3, 0.4) is 0 Å². The maximum absolute atomic E-state index is 12.1. The standard InChI is InChI=1S/C13H27NO2S.H2O/c1-10(2)13(15)9-7-6-8-11(13)14-17(16)12(3,4)5;/h10-11,14-15H,6-9H2,1-5H3;1H2/t11-,13+,17+;/m0./s1. The van der Waals surface area contributed by atoms with Gasteiger partial charge in [-0.25, -0.2) is 8.93 Å². The van der Waals surface area contributed by atoms with Crippen LogP contribution >= 0.6 is 0 Å². The monoisotopic (exact) mass is 279 g/mol. The van der Waals surface area contributed by atoms with Crippen LogP contribution in [0.5, 0.6) is 0 Å². The van der Waals surface area contributed by atoms with Crippen LogP contribution in [0.4, 0.5) is 0 Å². The highest BCUT2D eigenvalue weighted by Crippen LogP contribution is 2.35. The summed E-state index contributed by atoms with van der Waals surface area (Å²) in [5.41, 5.74) is -0.709. The van der Waals surface area contributed by atoms with Crippen molar-refractivity contribution in [3.05, 3.63) is 0 Å². The lowest BCUT2D eigenvalue weighted by atomic mass is 9.74. The molecule has 18 heavy (non-hydrogen) atoms. The van der Waals surface area contributed by atoms with Crippen LogP contribution in [0, 0.1) is 5.92 Å². The molecule has 3 atom stereocenters. The van der Waals surface area contributed by atoms with E-state index in [1.165, 1.54) is 0 Å². The van der Waals surface area contributed by atoms with Gasteiger partial charge >= 0.3 is 0 Å². The van der Waals surface area contributed by atoms with Crippen LogP contribution in [-0.4, -0.2) is 31.2 Å². The smallest absolute Gasteiger partial charge is 0.0973 e. The zero-order valence-electron chi connectivity index (χ0n) is 12.2. The molecule has 0 aromatic heterocycles. The van der Waals surface area contributed by atoms with Crippen molar-refractivity contribution in [2.45, 2.75) is 76.7 Å². The molecule has 1 aliphatic rings. The van der Waals surface area contributed by atoms with E-state index in [2.05, 4.69) is 4.72 Å². The molecule has 1 saturated carbocycles. The highest BCUT2D eigenvalue weighted by atomic mass is 32.2. The van der Waals surface area contributed by atoms with E-state index in [-0.39, 0.29) is 22.2 Å². The van der Waals surface area contributed by atoms with Crippen molar-refractivity contribution in [2.75, 3.05) is 0 Å². The average Bonchev–Trinajstić information content (AvgIpc) is 2.19. The van der Waals surface area contributed by atoms with E-state index in [0.717, 1.165) is 25.7 Å². The second kappa shape index (κ2) is 6.46. The molecule has 1 fully saturated rings. The third kappa shape index (κ3) is 4.02. The number of nitrogens with one attached hydrogen (secondary N) is 1. The van der Waals surface area contributed by atoms with Crippen LogP contribution in [0.2, 0.25) is 0 Å². The van der Waals surface area contributed by atoms with Gasteiger partial charge in [0.1, 0.15) is 0 Å². The molecule has 0 amide bonds. The lowest BCUT2D eigenvalue weighted by molar-refractivity contribution is -0.0576. The van der Waals surface area contributed by atoms with Crippen molar-refractivity contribution in [3.63, 3.8) is 0 Å². The van der Waals surface area contributed by atoms with Gasteiger partial charge in [-0.15, -0.1) is 0 Å². The van der Waals surface area contributed by atoms with E-state index < -0.39 is 16.6 Å². The van der Waals surface area contributed by atoms with Gasteiger partial charge in [-0.05, 0) is 39.5 Å². The van der Waals surface area contributed by atoms with E-state index in [1.54, 1.807) is 0 Å². The Hall–Kier alpha value is 0.0300. The van der Waals surface area contributed by atoms with E-state index in [1.807, 2.05) is 34.6 Å². The first-order valence-electron chi connectivity index (χ1n) is 6.58. The first-order chi connectivity index (χ1) is 7.68. The topological polar surface area (TPSA) is 80.8 Å². The van der Waals surface area contributed by atoms with Crippen LogP contribution in [0.1, 0.15) is 60.3 Å². The zero-order chi connectivity index (χ0) is 13.3. The molecule has 0 aromatic rings. The largest absolute Gasteiger partial charge is 0.412 e. The Labute approximate surface area is 113 Å². The number of aliphatic hydroxyl groups is 1. The number of hydrogen-bond donors (Lipinski definition) is 2. The predicted octanol–water partition coefficient (Wildman–Crippen LogP) is 1.54. The van der Waals surface area contributed by atoms with Gasteiger partial charge in [0, 0.05) is 6.04 Å². The summed E-state index contributed by atoms with van der Waals surface area (Å²) >= 11 is 0. The molecule has 0 saturated heterocycles. The predicted molar refractivity (Wildman–Crippen MR) is 76.7 cm³/mol. The summed E-state index contributed by atoms with van der Waals surface area (Å²) < 4.78 is 15.0. The summed E-state index contributed by atoms with van der Waals surface area (Å²) in [6.07, 6.45) is 3.89. The van der Waals surface area contributed by atoms with Crippen LogP contribution in [-0.2, 0) is 11.0 Å². The maximum Gasteiger partial charge on any atom is 0.0973 e. The molecular weight excluding hydrogens is 250 g/mol. The van der Waals surface area contributed by atoms with Gasteiger partial charge in [0.25, 0.3) is 0 Å². The molecule has 1 rings (SSSR count). The second-order valence-corrected chi connectivity index (χ2v) is 8.44. The Kier molecular flexibility index (Phi) is 6.47. The van der Waals surface area contributed by atoms with Crippen LogP contribution in [0.15, 0.2) is 0 Å². The Morgan fingerprint density at radius 3 is 2.33 bits per heavy atom. The molecule has 4 nitrogen and oxygen atoms in total. The van der Waals surface area contributed by atoms with E-state index in [9.17, 15) is 9.32 Å². The van der Waals surface area contributed by atoms with Crippen molar-refractivity contribution < 1.29 is 14.8 Å². The van der Waals surface area contributed by atoms with Gasteiger partial charge in [-0.3, -0.25) is 0 Å². The molecule has 1 aliphatic carbocycles. The normalized spacial score (nSPS) is 30.9. The zero-order valence-corrected chi connectivity index (χ0v) is 13.1. The van der Waals surface area contributed by atoms with Crippen LogP contribution in [0.25, 0.3) is 0 Å². The Morgan fingerprint density at radius 2 is 1.89 bits per heavy atom. The molecule has 5 heteroatoms.